The van der Waals surface area contributed by atoms with E-state index in [1.165, 1.54) is 6.07 Å². The van der Waals surface area contributed by atoms with E-state index < -0.39 is 5.82 Å². The first-order valence-corrected chi connectivity index (χ1v) is 8.79. The number of nitrogens with zero attached hydrogens (tertiary/aromatic N) is 1. The second-order valence-corrected chi connectivity index (χ2v) is 6.24. The van der Waals surface area contributed by atoms with Crippen molar-refractivity contribution in [1.29, 1.82) is 0 Å². The minimum atomic E-state index is -0.391. The third kappa shape index (κ3) is 3.85. The minimum Gasteiger partial charge on any atom is -0.451 e. The van der Waals surface area contributed by atoms with Crippen molar-refractivity contribution >= 4 is 17.3 Å². The second kappa shape index (κ2) is 7.63. The van der Waals surface area contributed by atoms with Crippen LogP contribution >= 0.6 is 0 Å². The summed E-state index contributed by atoms with van der Waals surface area (Å²) in [5, 5.41) is 2.80. The molecule has 0 bridgehead atoms. The number of ether oxygens (including phenoxy) is 1. The van der Waals surface area contributed by atoms with Gasteiger partial charge in [0.05, 0.1) is 18.8 Å². The van der Waals surface area contributed by atoms with Crippen LogP contribution in [0.15, 0.2) is 65.1 Å². The Morgan fingerprint density at radius 1 is 0.963 bits per heavy atom. The largest absolute Gasteiger partial charge is 0.451 e. The predicted molar refractivity (Wildman–Crippen MR) is 102 cm³/mol. The van der Waals surface area contributed by atoms with Crippen LogP contribution in [0.5, 0.6) is 0 Å². The molecule has 1 amide bonds. The Kier molecular flexibility index (Phi) is 4.89. The summed E-state index contributed by atoms with van der Waals surface area (Å²) in [5.74, 6) is -0.319. The molecule has 1 saturated heterocycles. The molecule has 2 heterocycles. The Bertz CT molecular complexity index is 931. The third-order valence-electron chi connectivity index (χ3n) is 4.47. The van der Waals surface area contributed by atoms with Crippen molar-refractivity contribution < 1.29 is 18.3 Å². The van der Waals surface area contributed by atoms with Gasteiger partial charge in [-0.2, -0.15) is 0 Å². The summed E-state index contributed by atoms with van der Waals surface area (Å²) in [6.45, 7) is 3.16. The van der Waals surface area contributed by atoms with Crippen LogP contribution in [0.25, 0.3) is 11.3 Å². The van der Waals surface area contributed by atoms with Crippen LogP contribution in [0.4, 0.5) is 15.8 Å². The van der Waals surface area contributed by atoms with Crippen molar-refractivity contribution in [3.8, 4) is 11.3 Å². The van der Waals surface area contributed by atoms with Gasteiger partial charge in [0.25, 0.3) is 5.91 Å². The van der Waals surface area contributed by atoms with Crippen molar-refractivity contribution in [3.63, 3.8) is 0 Å². The van der Waals surface area contributed by atoms with Gasteiger partial charge < -0.3 is 19.4 Å². The van der Waals surface area contributed by atoms with Crippen LogP contribution in [0.1, 0.15) is 10.6 Å². The molecule has 5 nitrogen and oxygen atoms in total. The molecule has 0 atom stereocenters. The molecule has 6 heteroatoms. The van der Waals surface area contributed by atoms with Crippen molar-refractivity contribution in [2.75, 3.05) is 36.5 Å². The predicted octanol–water partition coefficient (Wildman–Crippen LogP) is 4.17. The Morgan fingerprint density at radius 3 is 2.44 bits per heavy atom. The average Bonchev–Trinajstić information content (AvgIpc) is 3.20. The number of morpholine rings is 1. The number of hydrogen-bond donors (Lipinski definition) is 1. The second-order valence-electron chi connectivity index (χ2n) is 6.24. The first-order chi connectivity index (χ1) is 13.2. The molecule has 0 aliphatic carbocycles. The van der Waals surface area contributed by atoms with Gasteiger partial charge in [-0.3, -0.25) is 4.79 Å². The fourth-order valence-electron chi connectivity index (χ4n) is 3.04. The van der Waals surface area contributed by atoms with E-state index in [4.69, 9.17) is 9.15 Å². The molecule has 1 aliphatic heterocycles. The monoisotopic (exact) mass is 366 g/mol. The zero-order chi connectivity index (χ0) is 18.6. The fourth-order valence-corrected chi connectivity index (χ4v) is 3.04. The zero-order valence-electron chi connectivity index (χ0n) is 14.7. The van der Waals surface area contributed by atoms with Crippen molar-refractivity contribution in [2.45, 2.75) is 0 Å². The number of furan rings is 1. The molecule has 0 saturated carbocycles. The summed E-state index contributed by atoms with van der Waals surface area (Å²) in [7, 11) is 0. The number of benzene rings is 2. The molecule has 2 aromatic carbocycles. The number of carbonyl (C=O) groups is 1. The smallest absolute Gasteiger partial charge is 0.291 e. The molecule has 1 aromatic heterocycles. The number of rotatable bonds is 4. The Hall–Kier alpha value is -3.12. The van der Waals surface area contributed by atoms with Crippen LogP contribution in [-0.2, 0) is 4.74 Å². The molecule has 0 radical (unpaired) electrons. The molecular formula is C21H19FN2O3. The number of nitrogens with one attached hydrogen (secondary N) is 1. The normalized spacial score (nSPS) is 14.2. The van der Waals surface area contributed by atoms with E-state index >= 15 is 0 Å². The van der Waals surface area contributed by atoms with E-state index in [1.54, 1.807) is 30.3 Å². The average molecular weight is 366 g/mol. The summed E-state index contributed by atoms with van der Waals surface area (Å²) in [6, 6.07) is 17.1. The molecule has 0 unspecified atom stereocenters. The SMILES string of the molecule is O=C(Nc1ccc(N2CCOCC2)cc1)c1ccc(-c2ccccc2F)o1. The lowest BCUT2D eigenvalue weighted by Gasteiger charge is -2.28. The van der Waals surface area contributed by atoms with Gasteiger partial charge in [0.15, 0.2) is 5.76 Å². The molecular weight excluding hydrogens is 347 g/mol. The third-order valence-corrected chi connectivity index (χ3v) is 4.47. The Balaban J connectivity index is 1.44. The van der Waals surface area contributed by atoms with E-state index in [0.29, 0.717) is 17.0 Å². The summed E-state index contributed by atoms with van der Waals surface area (Å²) >= 11 is 0. The van der Waals surface area contributed by atoms with Crippen LogP contribution in [0.2, 0.25) is 0 Å². The maximum atomic E-state index is 13.9. The number of halogens is 1. The minimum absolute atomic E-state index is 0.130. The van der Waals surface area contributed by atoms with Gasteiger partial charge in [0.2, 0.25) is 0 Å². The highest BCUT2D eigenvalue weighted by atomic mass is 19.1. The van der Waals surface area contributed by atoms with Gasteiger partial charge in [-0.1, -0.05) is 12.1 Å². The van der Waals surface area contributed by atoms with Gasteiger partial charge in [0, 0.05) is 24.5 Å². The molecule has 1 fully saturated rings. The summed E-state index contributed by atoms with van der Waals surface area (Å²) in [4.78, 5) is 14.6. The summed E-state index contributed by atoms with van der Waals surface area (Å²) in [5.41, 5.74) is 2.09. The lowest BCUT2D eigenvalue weighted by molar-refractivity contribution is 0.0997. The van der Waals surface area contributed by atoms with Crippen molar-refractivity contribution in [3.05, 3.63) is 72.2 Å². The zero-order valence-corrected chi connectivity index (χ0v) is 14.7. The highest BCUT2D eigenvalue weighted by molar-refractivity contribution is 6.02. The first kappa shape index (κ1) is 17.3. The number of hydrogen-bond acceptors (Lipinski definition) is 4. The molecule has 27 heavy (non-hydrogen) atoms. The molecule has 3 aromatic rings. The van der Waals surface area contributed by atoms with Crippen molar-refractivity contribution in [2.24, 2.45) is 0 Å². The first-order valence-electron chi connectivity index (χ1n) is 8.79. The van der Waals surface area contributed by atoms with E-state index in [-0.39, 0.29) is 11.7 Å². The van der Waals surface area contributed by atoms with Crippen LogP contribution in [0.3, 0.4) is 0 Å². The maximum Gasteiger partial charge on any atom is 0.291 e. The highest BCUT2D eigenvalue weighted by Gasteiger charge is 2.15. The number of carbonyl (C=O) groups excluding carboxylic acids is 1. The molecule has 0 spiro atoms. The van der Waals surface area contributed by atoms with Gasteiger partial charge in [-0.05, 0) is 48.5 Å². The lowest BCUT2D eigenvalue weighted by atomic mass is 10.1. The van der Waals surface area contributed by atoms with E-state index in [0.717, 1.165) is 32.0 Å². The molecule has 1 aliphatic rings. The Labute approximate surface area is 156 Å². The van der Waals surface area contributed by atoms with Gasteiger partial charge >= 0.3 is 0 Å². The van der Waals surface area contributed by atoms with Gasteiger partial charge in [-0.25, -0.2) is 4.39 Å². The number of amides is 1. The number of anilines is 2. The molecule has 4 rings (SSSR count). The topological polar surface area (TPSA) is 54.7 Å². The van der Waals surface area contributed by atoms with E-state index in [1.807, 2.05) is 24.3 Å². The molecule has 138 valence electrons. The van der Waals surface area contributed by atoms with Gasteiger partial charge in [-0.15, -0.1) is 0 Å². The quantitative estimate of drug-likeness (QED) is 0.753. The van der Waals surface area contributed by atoms with E-state index in [2.05, 4.69) is 10.2 Å². The standard InChI is InChI=1S/C21H19FN2O3/c22-18-4-2-1-3-17(18)19-9-10-20(27-19)21(25)23-15-5-7-16(8-6-15)24-11-13-26-14-12-24/h1-10H,11-14H2,(H,23,25). The van der Waals surface area contributed by atoms with Crippen LogP contribution in [-0.4, -0.2) is 32.2 Å². The highest BCUT2D eigenvalue weighted by Crippen LogP contribution is 2.25. The maximum absolute atomic E-state index is 13.9. The summed E-state index contributed by atoms with van der Waals surface area (Å²) in [6.07, 6.45) is 0. The molecule has 1 N–H and O–H groups in total. The van der Waals surface area contributed by atoms with Crippen LogP contribution < -0.4 is 10.2 Å². The fraction of sp³-hybridized carbons (Fsp3) is 0.190. The van der Waals surface area contributed by atoms with Gasteiger partial charge in [0.1, 0.15) is 11.6 Å². The Morgan fingerprint density at radius 2 is 1.70 bits per heavy atom. The summed E-state index contributed by atoms with van der Waals surface area (Å²) < 4.78 is 24.7. The van der Waals surface area contributed by atoms with Crippen molar-refractivity contribution in [1.82, 2.24) is 0 Å². The van der Waals surface area contributed by atoms with Crippen LogP contribution in [0, 0.1) is 5.82 Å². The lowest BCUT2D eigenvalue weighted by Crippen LogP contribution is -2.36. The van der Waals surface area contributed by atoms with E-state index in [9.17, 15) is 9.18 Å².